The van der Waals surface area contributed by atoms with E-state index in [1.165, 1.54) is 89.0 Å². The van der Waals surface area contributed by atoms with Crippen LogP contribution in [0, 0.1) is 55.4 Å². The largest absolute Gasteiger partial charge is 0.493 e. The molecule has 6 aromatic rings. The van der Waals surface area contributed by atoms with Gasteiger partial charge in [0.25, 0.3) is 0 Å². The summed E-state index contributed by atoms with van der Waals surface area (Å²) < 4.78 is 25.9. The van der Waals surface area contributed by atoms with Crippen molar-refractivity contribution in [3.63, 3.8) is 0 Å². The molecule has 4 nitrogen and oxygen atoms in total. The molecule has 12 bridgehead atoms. The van der Waals surface area contributed by atoms with Crippen LogP contribution in [0.3, 0.4) is 0 Å². The number of aryl methyl sites for hydroxylation is 8. The molecule has 0 aromatic heterocycles. The predicted molar refractivity (Wildman–Crippen MR) is 295 cm³/mol. The Morgan fingerprint density at radius 3 is 0.557 bits per heavy atom. The quantitative estimate of drug-likeness (QED) is 0.152. The molecule has 372 valence electrons. The summed E-state index contributed by atoms with van der Waals surface area (Å²) in [5, 5.41) is 0. The minimum Gasteiger partial charge on any atom is -0.493 e. The second kappa shape index (κ2) is 21.1. The fraction of sp³-hybridized carbons (Fsp3) is 0.455. The van der Waals surface area contributed by atoms with Crippen LogP contribution in [-0.2, 0) is 21.7 Å². The van der Waals surface area contributed by atoms with Crippen molar-refractivity contribution in [2.45, 2.75) is 171 Å². The Bertz CT molecular complexity index is 2310. The molecular weight excluding hydrogens is 857 g/mol. The van der Waals surface area contributed by atoms with Gasteiger partial charge in [0.15, 0.2) is 0 Å². The lowest BCUT2D eigenvalue weighted by Crippen LogP contribution is -2.22. The van der Waals surface area contributed by atoms with Crippen LogP contribution in [-0.4, -0.2) is 26.4 Å². The summed E-state index contributed by atoms with van der Waals surface area (Å²) in [6.07, 6.45) is 6.02. The molecule has 0 aliphatic carbocycles. The summed E-state index contributed by atoms with van der Waals surface area (Å²) in [6, 6.07) is 37.2. The van der Waals surface area contributed by atoms with Gasteiger partial charge in [-0.1, -0.05) is 152 Å². The predicted octanol–water partition coefficient (Wildman–Crippen LogP) is 17.0. The molecule has 0 fully saturated rings. The van der Waals surface area contributed by atoms with Crippen molar-refractivity contribution in [1.82, 2.24) is 0 Å². The number of hydrogen-bond donors (Lipinski definition) is 0. The van der Waals surface area contributed by atoms with Gasteiger partial charge >= 0.3 is 0 Å². The molecule has 0 saturated carbocycles. The van der Waals surface area contributed by atoms with E-state index in [1.807, 2.05) is 0 Å². The zero-order chi connectivity index (χ0) is 50.8. The first kappa shape index (κ1) is 52.3. The molecule has 0 N–H and O–H groups in total. The smallest absolute Gasteiger partial charge is 0.125 e. The van der Waals surface area contributed by atoms with Crippen LogP contribution in [0.2, 0.25) is 0 Å². The van der Waals surface area contributed by atoms with Crippen molar-refractivity contribution in [2.75, 3.05) is 26.4 Å². The van der Waals surface area contributed by atoms with E-state index in [4.69, 9.17) is 18.9 Å². The molecular formula is C66H84O4. The molecule has 70 heavy (non-hydrogen) atoms. The molecule has 6 aromatic carbocycles. The van der Waals surface area contributed by atoms with Gasteiger partial charge in [-0.2, -0.15) is 0 Å². The van der Waals surface area contributed by atoms with Gasteiger partial charge in [0.2, 0.25) is 0 Å². The molecule has 0 radical (unpaired) electrons. The van der Waals surface area contributed by atoms with Crippen LogP contribution in [0.1, 0.15) is 183 Å². The SMILES string of the molecule is Cc1cc2cc(C)c1OCCCCCOc1c(C)cc(cc1C)C(C)(C)c1ccc(cc1)C(C)(C)c1cc(C)c(c(C)c1)OCCCCCOc1c(C)cc(cc1C)C(C)(C)c1ccc(cc1)C2(C)C. The average molecular weight is 941 g/mol. The lowest BCUT2D eigenvalue weighted by Gasteiger charge is -2.31. The summed E-state index contributed by atoms with van der Waals surface area (Å²) in [5.74, 6) is 4.04. The molecule has 0 saturated heterocycles. The number of ether oxygens (including phenoxy) is 4. The van der Waals surface area contributed by atoms with Crippen molar-refractivity contribution in [3.05, 3.63) is 186 Å². The summed E-state index contributed by atoms with van der Waals surface area (Å²) in [6.45, 7) is 39.0. The molecule has 16 heterocycles. The summed E-state index contributed by atoms with van der Waals surface area (Å²) in [7, 11) is 0. The highest BCUT2D eigenvalue weighted by Crippen LogP contribution is 2.42. The normalized spacial score (nSPS) is 17.5. The lowest BCUT2D eigenvalue weighted by molar-refractivity contribution is 0.275. The van der Waals surface area contributed by atoms with Crippen molar-refractivity contribution in [3.8, 4) is 23.0 Å². The van der Waals surface area contributed by atoms with Gasteiger partial charge in [-0.25, -0.2) is 0 Å². The third-order valence-electron chi connectivity index (χ3n) is 15.9. The summed E-state index contributed by atoms with van der Waals surface area (Å²) in [5.41, 5.74) is 19.2. The average Bonchev–Trinajstić information content (AvgIpc) is 3.30. The summed E-state index contributed by atoms with van der Waals surface area (Å²) >= 11 is 0. The molecule has 22 rings (SSSR count). The van der Waals surface area contributed by atoms with Crippen LogP contribution >= 0.6 is 0 Å². The van der Waals surface area contributed by atoms with Gasteiger partial charge in [-0.05, 0) is 183 Å². The summed E-state index contributed by atoms with van der Waals surface area (Å²) in [4.78, 5) is 0. The highest BCUT2D eigenvalue weighted by atomic mass is 16.5. The Morgan fingerprint density at radius 1 is 0.243 bits per heavy atom. The fourth-order valence-electron chi connectivity index (χ4n) is 10.9. The Labute approximate surface area is 423 Å². The van der Waals surface area contributed by atoms with Crippen LogP contribution in [0.15, 0.2) is 97.1 Å². The van der Waals surface area contributed by atoms with Crippen LogP contribution < -0.4 is 18.9 Å². The van der Waals surface area contributed by atoms with E-state index in [2.05, 4.69) is 208 Å². The van der Waals surface area contributed by atoms with E-state index in [-0.39, 0.29) is 21.7 Å². The second-order valence-corrected chi connectivity index (χ2v) is 22.9. The minimum atomic E-state index is -0.177. The standard InChI is InChI=1S/C66H84O4/c1-43-35-55-36-44(2)59(43)67-31-19-17-20-32-68-60-45(3)39-57(40-46(60)4)65(13,14)53-27-29-54(30-28-53)66(15,16)58-41-49(7)62(50(8)42-58)70-34-22-18-21-33-69-61-47(5)37-56(38-48(61)6)64(11,12)52-25-23-51(24-26-52)63(55,9)10/h23-30,35-42H,17-22,31-34H2,1-16H3. The van der Waals surface area contributed by atoms with Gasteiger partial charge in [0.1, 0.15) is 23.0 Å². The first-order valence-electron chi connectivity index (χ1n) is 26.2. The maximum atomic E-state index is 6.48. The topological polar surface area (TPSA) is 36.9 Å². The Hall–Kier alpha value is -5.48. The third kappa shape index (κ3) is 11.0. The zero-order valence-corrected chi connectivity index (χ0v) is 45.9. The molecule has 16 aliphatic heterocycles. The Balaban J connectivity index is 1.10. The first-order valence-corrected chi connectivity index (χ1v) is 26.2. The van der Waals surface area contributed by atoms with Crippen LogP contribution in [0.25, 0.3) is 0 Å². The van der Waals surface area contributed by atoms with E-state index < -0.39 is 0 Å². The van der Waals surface area contributed by atoms with E-state index >= 15 is 0 Å². The number of benzene rings is 6. The number of hydrogen-bond acceptors (Lipinski definition) is 4. The highest BCUT2D eigenvalue weighted by molar-refractivity contribution is 5.54. The van der Waals surface area contributed by atoms with E-state index in [1.54, 1.807) is 0 Å². The van der Waals surface area contributed by atoms with Gasteiger partial charge in [0.05, 0.1) is 26.4 Å². The van der Waals surface area contributed by atoms with Crippen molar-refractivity contribution in [1.29, 1.82) is 0 Å². The van der Waals surface area contributed by atoms with Crippen molar-refractivity contribution in [2.24, 2.45) is 0 Å². The van der Waals surface area contributed by atoms with Gasteiger partial charge < -0.3 is 18.9 Å². The Morgan fingerprint density at radius 2 is 0.400 bits per heavy atom. The molecule has 16 aliphatic rings. The van der Waals surface area contributed by atoms with E-state index in [0.29, 0.717) is 26.4 Å². The highest BCUT2D eigenvalue weighted by Gasteiger charge is 2.30. The van der Waals surface area contributed by atoms with E-state index in [9.17, 15) is 0 Å². The second-order valence-electron chi connectivity index (χ2n) is 22.9. The lowest BCUT2D eigenvalue weighted by atomic mass is 9.74. The van der Waals surface area contributed by atoms with Crippen molar-refractivity contribution >= 4 is 0 Å². The Kier molecular flexibility index (Phi) is 15.8. The van der Waals surface area contributed by atoms with Crippen LogP contribution in [0.4, 0.5) is 0 Å². The molecule has 0 unspecified atom stereocenters. The molecule has 4 heteroatoms. The maximum Gasteiger partial charge on any atom is 0.125 e. The zero-order valence-electron chi connectivity index (χ0n) is 45.9. The van der Waals surface area contributed by atoms with Crippen LogP contribution in [0.5, 0.6) is 23.0 Å². The third-order valence-corrected chi connectivity index (χ3v) is 15.9. The maximum absolute atomic E-state index is 6.48. The minimum absolute atomic E-state index is 0.177. The monoisotopic (exact) mass is 941 g/mol. The van der Waals surface area contributed by atoms with Gasteiger partial charge in [0, 0.05) is 21.7 Å². The molecule has 0 spiro atoms. The first-order chi connectivity index (χ1) is 33.0. The van der Waals surface area contributed by atoms with Gasteiger partial charge in [-0.15, -0.1) is 0 Å². The molecule has 0 atom stereocenters. The van der Waals surface area contributed by atoms with E-state index in [0.717, 1.165) is 61.5 Å². The number of rotatable bonds is 0. The van der Waals surface area contributed by atoms with Gasteiger partial charge in [-0.3, -0.25) is 0 Å². The molecule has 0 amide bonds. The van der Waals surface area contributed by atoms with Crippen molar-refractivity contribution < 1.29 is 18.9 Å². The fourth-order valence-corrected chi connectivity index (χ4v) is 10.9.